The van der Waals surface area contributed by atoms with Crippen LogP contribution in [-0.2, 0) is 9.59 Å². The second-order valence-electron chi connectivity index (χ2n) is 6.28. The van der Waals surface area contributed by atoms with Gasteiger partial charge in [-0.3, -0.25) is 9.59 Å². The Hall–Kier alpha value is -1.89. The number of fused-ring (bicyclic) bond motifs is 1. The van der Waals surface area contributed by atoms with Gasteiger partial charge in [-0.25, -0.2) is 0 Å². The monoisotopic (exact) mass is 364 g/mol. The molecule has 25 heavy (non-hydrogen) atoms. The van der Waals surface area contributed by atoms with E-state index in [1.165, 1.54) is 0 Å². The number of ether oxygens (including phenoxy) is 2. The van der Waals surface area contributed by atoms with Crippen molar-refractivity contribution in [3.63, 3.8) is 0 Å². The minimum absolute atomic E-state index is 0.0562. The third-order valence-corrected chi connectivity index (χ3v) is 6.07. The summed E-state index contributed by atoms with van der Waals surface area (Å²) in [7, 11) is 0. The Morgan fingerprint density at radius 1 is 1.36 bits per heavy atom. The molecule has 0 radical (unpaired) electrons. The van der Waals surface area contributed by atoms with Crippen LogP contribution in [0, 0.1) is 0 Å². The van der Waals surface area contributed by atoms with Crippen molar-refractivity contribution in [2.45, 2.75) is 44.5 Å². The molecule has 136 valence electrons. The molecule has 0 saturated carbocycles. The first-order chi connectivity index (χ1) is 12.0. The maximum atomic E-state index is 12.9. The molecule has 3 rings (SSSR count). The molecule has 6 nitrogen and oxygen atoms in total. The van der Waals surface area contributed by atoms with Crippen LogP contribution >= 0.6 is 11.8 Å². The number of amides is 2. The number of hydrogen-bond donors (Lipinski definition) is 1. The highest BCUT2D eigenvalue weighted by Crippen LogP contribution is 2.47. The summed E-state index contributed by atoms with van der Waals surface area (Å²) in [5.74, 6) is 1.76. The number of anilines is 1. The van der Waals surface area contributed by atoms with Gasteiger partial charge in [0.2, 0.25) is 11.8 Å². The number of nitrogens with one attached hydrogen (secondary N) is 1. The molecular weight excluding hydrogens is 340 g/mol. The smallest absolute Gasteiger partial charge is 0.248 e. The standard InChI is InChI=1S/C18H24N2O4S/c1-4-23-12-6-7-15(24-5-2)13(10-12)19-17(22)14-11-25-18(3)9-8-16(21)20(14)18/h6-7,10,14H,4-5,8-9,11H2,1-3H3,(H,19,22). The maximum absolute atomic E-state index is 12.9. The first-order valence-corrected chi connectivity index (χ1v) is 9.63. The second-order valence-corrected chi connectivity index (χ2v) is 7.78. The van der Waals surface area contributed by atoms with E-state index in [0.29, 0.717) is 42.6 Å². The Bertz CT molecular complexity index is 681. The highest BCUT2D eigenvalue weighted by Gasteiger charge is 2.52. The second kappa shape index (κ2) is 7.15. The molecule has 1 aromatic rings. The summed E-state index contributed by atoms with van der Waals surface area (Å²) < 4.78 is 11.1. The number of hydrogen-bond acceptors (Lipinski definition) is 5. The molecule has 0 aliphatic carbocycles. The Balaban J connectivity index is 1.80. The van der Waals surface area contributed by atoms with E-state index in [1.807, 2.05) is 26.8 Å². The van der Waals surface area contributed by atoms with Crippen LogP contribution in [0.1, 0.15) is 33.6 Å². The zero-order chi connectivity index (χ0) is 18.0. The zero-order valence-corrected chi connectivity index (χ0v) is 15.6. The van der Waals surface area contributed by atoms with Crippen LogP contribution in [0.2, 0.25) is 0 Å². The van der Waals surface area contributed by atoms with E-state index < -0.39 is 6.04 Å². The first kappa shape index (κ1) is 17.9. The molecule has 0 spiro atoms. The molecule has 2 amide bonds. The number of thioether (sulfide) groups is 1. The van der Waals surface area contributed by atoms with Gasteiger partial charge in [0.25, 0.3) is 0 Å². The fourth-order valence-electron chi connectivity index (χ4n) is 3.38. The molecule has 1 aromatic carbocycles. The van der Waals surface area contributed by atoms with Crippen LogP contribution in [0.25, 0.3) is 0 Å². The molecule has 0 aromatic heterocycles. The minimum atomic E-state index is -0.449. The topological polar surface area (TPSA) is 67.9 Å². The van der Waals surface area contributed by atoms with Crippen molar-refractivity contribution in [1.82, 2.24) is 4.90 Å². The van der Waals surface area contributed by atoms with E-state index in [0.717, 1.165) is 6.42 Å². The number of benzene rings is 1. The predicted octanol–water partition coefficient (Wildman–Crippen LogP) is 2.88. The van der Waals surface area contributed by atoms with Gasteiger partial charge in [-0.1, -0.05) is 0 Å². The van der Waals surface area contributed by atoms with Gasteiger partial charge in [-0.2, -0.15) is 0 Å². The van der Waals surface area contributed by atoms with E-state index in [1.54, 1.807) is 28.8 Å². The lowest BCUT2D eigenvalue weighted by molar-refractivity contribution is -0.135. The molecule has 1 N–H and O–H groups in total. The molecular formula is C18H24N2O4S. The van der Waals surface area contributed by atoms with E-state index in [2.05, 4.69) is 5.32 Å². The molecule has 2 saturated heterocycles. The van der Waals surface area contributed by atoms with Gasteiger partial charge in [0.05, 0.1) is 23.8 Å². The van der Waals surface area contributed by atoms with E-state index >= 15 is 0 Å². The summed E-state index contributed by atoms with van der Waals surface area (Å²) in [5.41, 5.74) is 0.572. The van der Waals surface area contributed by atoms with Crippen molar-refractivity contribution in [3.8, 4) is 11.5 Å². The van der Waals surface area contributed by atoms with Gasteiger partial charge in [-0.05, 0) is 39.3 Å². The third kappa shape index (κ3) is 3.42. The molecule has 7 heteroatoms. The lowest BCUT2D eigenvalue weighted by Gasteiger charge is -2.30. The largest absolute Gasteiger partial charge is 0.494 e. The Morgan fingerprint density at radius 2 is 2.12 bits per heavy atom. The van der Waals surface area contributed by atoms with Crippen LogP contribution < -0.4 is 14.8 Å². The summed E-state index contributed by atoms with van der Waals surface area (Å²) in [4.78, 5) is 26.6. The fraction of sp³-hybridized carbons (Fsp3) is 0.556. The summed E-state index contributed by atoms with van der Waals surface area (Å²) in [6.07, 6.45) is 1.31. The lowest BCUT2D eigenvalue weighted by Crippen LogP contribution is -2.48. The Labute approximate surface area is 152 Å². The quantitative estimate of drug-likeness (QED) is 0.841. The van der Waals surface area contributed by atoms with Gasteiger partial charge in [0.1, 0.15) is 17.5 Å². The van der Waals surface area contributed by atoms with Gasteiger partial charge in [0, 0.05) is 18.2 Å². The minimum Gasteiger partial charge on any atom is -0.494 e. The number of carbonyl (C=O) groups excluding carboxylic acids is 2. The molecule has 2 atom stereocenters. The predicted molar refractivity (Wildman–Crippen MR) is 98.1 cm³/mol. The van der Waals surface area contributed by atoms with Gasteiger partial charge in [0.15, 0.2) is 0 Å². The average Bonchev–Trinajstić information content (AvgIpc) is 3.07. The van der Waals surface area contributed by atoms with Crippen molar-refractivity contribution in [2.24, 2.45) is 0 Å². The van der Waals surface area contributed by atoms with Crippen molar-refractivity contribution >= 4 is 29.3 Å². The molecule has 2 aliphatic rings. The van der Waals surface area contributed by atoms with Crippen LogP contribution in [-0.4, -0.2) is 46.6 Å². The average molecular weight is 364 g/mol. The SMILES string of the molecule is CCOc1ccc(OCC)c(NC(=O)C2CSC3(C)CCC(=O)N23)c1. The van der Waals surface area contributed by atoms with Crippen LogP contribution in [0.3, 0.4) is 0 Å². The van der Waals surface area contributed by atoms with Crippen molar-refractivity contribution in [2.75, 3.05) is 24.3 Å². The van der Waals surface area contributed by atoms with Crippen molar-refractivity contribution in [1.29, 1.82) is 0 Å². The van der Waals surface area contributed by atoms with E-state index in [-0.39, 0.29) is 16.7 Å². The molecule has 2 fully saturated rings. The van der Waals surface area contributed by atoms with Crippen LogP contribution in [0.4, 0.5) is 5.69 Å². The van der Waals surface area contributed by atoms with E-state index in [9.17, 15) is 9.59 Å². The van der Waals surface area contributed by atoms with Gasteiger partial charge in [-0.15, -0.1) is 11.8 Å². The van der Waals surface area contributed by atoms with Crippen molar-refractivity contribution in [3.05, 3.63) is 18.2 Å². The molecule has 2 unspecified atom stereocenters. The Kier molecular flexibility index (Phi) is 5.13. The molecule has 2 aliphatic heterocycles. The van der Waals surface area contributed by atoms with Crippen LogP contribution in [0.5, 0.6) is 11.5 Å². The zero-order valence-electron chi connectivity index (χ0n) is 14.8. The highest BCUT2D eigenvalue weighted by atomic mass is 32.2. The number of nitrogens with zero attached hydrogens (tertiary/aromatic N) is 1. The fourth-order valence-corrected chi connectivity index (χ4v) is 4.81. The summed E-state index contributed by atoms with van der Waals surface area (Å²) in [6, 6.07) is 4.92. The lowest BCUT2D eigenvalue weighted by atomic mass is 10.2. The van der Waals surface area contributed by atoms with E-state index in [4.69, 9.17) is 9.47 Å². The van der Waals surface area contributed by atoms with Crippen LogP contribution in [0.15, 0.2) is 18.2 Å². The first-order valence-electron chi connectivity index (χ1n) is 8.65. The molecule has 0 bridgehead atoms. The maximum Gasteiger partial charge on any atom is 0.248 e. The number of rotatable bonds is 6. The van der Waals surface area contributed by atoms with Gasteiger partial charge < -0.3 is 19.7 Å². The van der Waals surface area contributed by atoms with Gasteiger partial charge >= 0.3 is 0 Å². The molecule has 2 heterocycles. The highest BCUT2D eigenvalue weighted by molar-refractivity contribution is 8.01. The normalized spacial score (nSPS) is 25.0. The van der Waals surface area contributed by atoms with Crippen molar-refractivity contribution < 1.29 is 19.1 Å². The third-order valence-electron chi connectivity index (χ3n) is 4.57. The summed E-state index contributed by atoms with van der Waals surface area (Å²) in [5, 5.41) is 2.94. The summed E-state index contributed by atoms with van der Waals surface area (Å²) in [6.45, 7) is 6.88. The summed E-state index contributed by atoms with van der Waals surface area (Å²) >= 11 is 1.68. The Morgan fingerprint density at radius 3 is 2.84 bits per heavy atom. The number of carbonyl (C=O) groups is 2.